The molecule has 0 aliphatic carbocycles. The Kier molecular flexibility index (Phi) is 5.98. The average molecular weight is 402 g/mol. The molecule has 3 rings (SSSR count). The molecule has 0 saturated carbocycles. The van der Waals surface area contributed by atoms with Crippen LogP contribution >= 0.6 is 23.1 Å². The van der Waals surface area contributed by atoms with Crippen LogP contribution in [0.25, 0.3) is 10.7 Å². The maximum Gasteiger partial charge on any atom is 0.313 e. The first-order valence-corrected chi connectivity index (χ1v) is 10.1. The second kappa shape index (κ2) is 8.41. The summed E-state index contributed by atoms with van der Waals surface area (Å²) in [6.07, 6.45) is 0.788. The van der Waals surface area contributed by atoms with Crippen LogP contribution in [-0.4, -0.2) is 31.9 Å². The van der Waals surface area contributed by atoms with Crippen LogP contribution in [0, 0.1) is 6.92 Å². The van der Waals surface area contributed by atoms with Gasteiger partial charge in [0.05, 0.1) is 10.6 Å². The molecule has 0 aliphatic heterocycles. The SMILES string of the molecule is CCc1c(C)nc(-c2ccc(O)s2)nc1Nc1ccc(SCC(=O)O)cc1. The predicted octanol–water partition coefficient (Wildman–Crippen LogP) is 4.70. The van der Waals surface area contributed by atoms with Crippen molar-refractivity contribution in [3.8, 4) is 15.8 Å². The molecule has 6 nitrogen and oxygen atoms in total. The smallest absolute Gasteiger partial charge is 0.313 e. The third-order valence-electron chi connectivity index (χ3n) is 3.86. The molecule has 3 aromatic rings. The summed E-state index contributed by atoms with van der Waals surface area (Å²) < 4.78 is 0. The summed E-state index contributed by atoms with van der Waals surface area (Å²) in [7, 11) is 0. The van der Waals surface area contributed by atoms with E-state index in [1.54, 1.807) is 12.1 Å². The number of hydrogen-bond acceptors (Lipinski definition) is 7. The van der Waals surface area contributed by atoms with E-state index in [1.807, 2.05) is 31.2 Å². The van der Waals surface area contributed by atoms with Gasteiger partial charge in [0, 0.05) is 21.8 Å². The van der Waals surface area contributed by atoms with Gasteiger partial charge in [-0.25, -0.2) is 9.97 Å². The molecule has 0 fully saturated rings. The predicted molar refractivity (Wildman–Crippen MR) is 109 cm³/mol. The Bertz CT molecular complexity index is 955. The summed E-state index contributed by atoms with van der Waals surface area (Å²) in [6, 6.07) is 11.0. The van der Waals surface area contributed by atoms with Gasteiger partial charge in [0.1, 0.15) is 5.82 Å². The number of thiophene rings is 1. The normalized spacial score (nSPS) is 10.7. The average Bonchev–Trinajstić information content (AvgIpc) is 3.07. The van der Waals surface area contributed by atoms with Crippen LogP contribution in [0.15, 0.2) is 41.3 Å². The molecule has 1 aromatic carbocycles. The van der Waals surface area contributed by atoms with E-state index in [9.17, 15) is 9.90 Å². The highest BCUT2D eigenvalue weighted by molar-refractivity contribution is 8.00. The van der Waals surface area contributed by atoms with Gasteiger partial charge < -0.3 is 15.5 Å². The minimum absolute atomic E-state index is 0.0366. The molecule has 2 aromatic heterocycles. The minimum atomic E-state index is -0.835. The van der Waals surface area contributed by atoms with Gasteiger partial charge in [-0.05, 0) is 49.7 Å². The van der Waals surface area contributed by atoms with Gasteiger partial charge in [0.2, 0.25) is 0 Å². The fourth-order valence-corrected chi connectivity index (χ4v) is 3.90. The van der Waals surface area contributed by atoms with Gasteiger partial charge in [0.25, 0.3) is 0 Å². The van der Waals surface area contributed by atoms with Gasteiger partial charge in [-0.3, -0.25) is 4.79 Å². The van der Waals surface area contributed by atoms with E-state index in [0.29, 0.717) is 5.82 Å². The maximum atomic E-state index is 10.7. The highest BCUT2D eigenvalue weighted by Crippen LogP contribution is 2.32. The lowest BCUT2D eigenvalue weighted by molar-refractivity contribution is -0.133. The monoisotopic (exact) mass is 401 g/mol. The summed E-state index contributed by atoms with van der Waals surface area (Å²) in [5.41, 5.74) is 2.79. The lowest BCUT2D eigenvalue weighted by Crippen LogP contribution is -2.05. The molecule has 0 radical (unpaired) electrons. The molecule has 3 N–H and O–H groups in total. The molecule has 0 bridgehead atoms. The second-order valence-electron chi connectivity index (χ2n) is 5.78. The van der Waals surface area contributed by atoms with Crippen molar-refractivity contribution in [3.63, 3.8) is 0 Å². The standard InChI is InChI=1S/C19H19N3O3S2/c1-3-14-11(2)20-19(15-8-9-17(25)27-15)22-18(14)21-12-4-6-13(7-5-12)26-10-16(23)24/h4-9,25H,3,10H2,1-2H3,(H,23,24)(H,20,21,22). The van der Waals surface area contributed by atoms with Gasteiger partial charge in [-0.1, -0.05) is 18.3 Å². The minimum Gasteiger partial charge on any atom is -0.499 e. The first-order valence-electron chi connectivity index (χ1n) is 8.34. The summed E-state index contributed by atoms with van der Waals surface area (Å²) in [6.45, 7) is 4.01. The van der Waals surface area contributed by atoms with Crippen molar-refractivity contribution in [1.82, 2.24) is 9.97 Å². The molecule has 0 atom stereocenters. The van der Waals surface area contributed by atoms with E-state index >= 15 is 0 Å². The van der Waals surface area contributed by atoms with Crippen molar-refractivity contribution >= 4 is 40.6 Å². The molecule has 2 heterocycles. The molecule has 0 saturated heterocycles. The lowest BCUT2D eigenvalue weighted by atomic mass is 10.1. The molecular weight excluding hydrogens is 382 g/mol. The summed E-state index contributed by atoms with van der Waals surface area (Å²) in [5.74, 6) is 0.512. The van der Waals surface area contributed by atoms with E-state index in [-0.39, 0.29) is 10.8 Å². The van der Waals surface area contributed by atoms with E-state index in [4.69, 9.17) is 5.11 Å². The number of aliphatic carboxylic acids is 1. The highest BCUT2D eigenvalue weighted by Gasteiger charge is 2.13. The number of nitrogens with zero attached hydrogens (tertiary/aromatic N) is 2. The zero-order chi connectivity index (χ0) is 19.4. The summed E-state index contributed by atoms with van der Waals surface area (Å²) in [5, 5.41) is 21.9. The largest absolute Gasteiger partial charge is 0.499 e. The Labute approximate surface area is 165 Å². The van der Waals surface area contributed by atoms with Gasteiger partial charge in [-0.2, -0.15) is 0 Å². The van der Waals surface area contributed by atoms with Gasteiger partial charge >= 0.3 is 5.97 Å². The molecule has 0 spiro atoms. The van der Waals surface area contributed by atoms with Gasteiger partial charge in [-0.15, -0.1) is 11.8 Å². The Hall–Kier alpha value is -2.58. The van der Waals surface area contributed by atoms with Crippen molar-refractivity contribution in [3.05, 3.63) is 47.7 Å². The maximum absolute atomic E-state index is 10.7. The zero-order valence-electron chi connectivity index (χ0n) is 14.9. The van der Waals surface area contributed by atoms with Crippen molar-refractivity contribution < 1.29 is 15.0 Å². The second-order valence-corrected chi connectivity index (χ2v) is 7.89. The number of carbonyl (C=O) groups is 1. The van der Waals surface area contributed by atoms with Crippen LogP contribution in [0.2, 0.25) is 0 Å². The molecule has 27 heavy (non-hydrogen) atoms. The van der Waals surface area contributed by atoms with Crippen molar-refractivity contribution in [2.75, 3.05) is 11.1 Å². The summed E-state index contributed by atoms with van der Waals surface area (Å²) in [4.78, 5) is 21.6. The number of carboxylic acids is 1. The number of benzene rings is 1. The number of anilines is 2. The fraction of sp³-hybridized carbons (Fsp3) is 0.211. The van der Waals surface area contributed by atoms with Crippen LogP contribution in [0.4, 0.5) is 11.5 Å². The number of rotatable bonds is 7. The number of thioether (sulfide) groups is 1. The lowest BCUT2D eigenvalue weighted by Gasteiger charge is -2.14. The number of aromatic nitrogens is 2. The topological polar surface area (TPSA) is 95.3 Å². The van der Waals surface area contributed by atoms with Crippen LogP contribution in [0.3, 0.4) is 0 Å². The number of nitrogens with one attached hydrogen (secondary N) is 1. The molecule has 0 unspecified atom stereocenters. The highest BCUT2D eigenvalue weighted by atomic mass is 32.2. The number of aryl methyl sites for hydroxylation is 1. The molecule has 0 aliphatic rings. The fourth-order valence-electron chi connectivity index (χ4n) is 2.60. The van der Waals surface area contributed by atoms with E-state index in [1.165, 1.54) is 23.1 Å². The van der Waals surface area contributed by atoms with Crippen LogP contribution in [0.1, 0.15) is 18.2 Å². The van der Waals surface area contributed by atoms with Crippen molar-refractivity contribution in [2.24, 2.45) is 0 Å². The van der Waals surface area contributed by atoms with Crippen LogP contribution in [0.5, 0.6) is 5.06 Å². The molecule has 0 amide bonds. The van der Waals surface area contributed by atoms with E-state index in [0.717, 1.165) is 39.0 Å². The number of aromatic hydroxyl groups is 1. The number of hydrogen-bond donors (Lipinski definition) is 3. The molecular formula is C19H19N3O3S2. The Morgan fingerprint density at radius 3 is 2.52 bits per heavy atom. The summed E-state index contributed by atoms with van der Waals surface area (Å²) >= 11 is 2.52. The third-order valence-corrected chi connectivity index (χ3v) is 5.74. The number of carboxylic acid groups (broad SMARTS) is 1. The van der Waals surface area contributed by atoms with Crippen LogP contribution in [-0.2, 0) is 11.2 Å². The van der Waals surface area contributed by atoms with E-state index < -0.39 is 5.97 Å². The Morgan fingerprint density at radius 1 is 1.19 bits per heavy atom. The van der Waals surface area contributed by atoms with Crippen molar-refractivity contribution in [1.29, 1.82) is 0 Å². The first-order chi connectivity index (χ1) is 13.0. The Balaban J connectivity index is 1.86. The van der Waals surface area contributed by atoms with E-state index in [2.05, 4.69) is 22.2 Å². The van der Waals surface area contributed by atoms with Gasteiger partial charge in [0.15, 0.2) is 10.9 Å². The quantitative estimate of drug-likeness (QED) is 0.494. The third kappa shape index (κ3) is 4.78. The Morgan fingerprint density at radius 2 is 1.93 bits per heavy atom. The molecule has 8 heteroatoms. The zero-order valence-corrected chi connectivity index (χ0v) is 16.5. The molecule has 140 valence electrons. The first kappa shape index (κ1) is 19.2. The van der Waals surface area contributed by atoms with Crippen molar-refractivity contribution in [2.45, 2.75) is 25.2 Å². The van der Waals surface area contributed by atoms with Crippen LogP contribution < -0.4 is 5.32 Å².